The molecule has 5 nitrogen and oxygen atoms in total. The minimum absolute atomic E-state index is 0.159. The van der Waals surface area contributed by atoms with Crippen LogP contribution in [0.15, 0.2) is 65.5 Å². The molecule has 3 aromatic carbocycles. The van der Waals surface area contributed by atoms with Crippen LogP contribution >= 0.6 is 11.6 Å². The van der Waals surface area contributed by atoms with Gasteiger partial charge in [0.05, 0.1) is 18.2 Å². The molecule has 6 heteroatoms. The zero-order valence-corrected chi connectivity index (χ0v) is 24.5. The number of rotatable bonds is 10. The maximum absolute atomic E-state index is 13.4. The van der Waals surface area contributed by atoms with Gasteiger partial charge < -0.3 is 14.5 Å². The third-order valence-electron chi connectivity index (χ3n) is 7.93. The Morgan fingerprint density at radius 2 is 1.75 bits per heavy atom. The van der Waals surface area contributed by atoms with Crippen LogP contribution in [0.1, 0.15) is 48.8 Å². The van der Waals surface area contributed by atoms with Crippen LogP contribution in [0, 0.1) is 13.8 Å². The zero-order valence-electron chi connectivity index (χ0n) is 23.8. The molecule has 210 valence electrons. The lowest BCUT2D eigenvalue weighted by atomic mass is 9.99. The van der Waals surface area contributed by atoms with Crippen molar-refractivity contribution in [1.82, 2.24) is 9.88 Å². The second kappa shape index (κ2) is 12.9. The summed E-state index contributed by atoms with van der Waals surface area (Å²) in [4.78, 5) is 19.1. The lowest BCUT2D eigenvalue weighted by Gasteiger charge is -2.35. The van der Waals surface area contributed by atoms with E-state index in [1.807, 2.05) is 24.3 Å². The minimum atomic E-state index is -0.159. The molecule has 1 aromatic heterocycles. The Morgan fingerprint density at radius 1 is 0.975 bits per heavy atom. The largest absolute Gasteiger partial charge is 0.497 e. The predicted molar refractivity (Wildman–Crippen MR) is 165 cm³/mol. The summed E-state index contributed by atoms with van der Waals surface area (Å²) < 4.78 is 11.9. The number of nitrogens with zero attached hydrogens (tertiary/aromatic N) is 1. The molecule has 0 bridgehead atoms. The highest BCUT2D eigenvalue weighted by molar-refractivity contribution is 6.31. The first-order valence-corrected chi connectivity index (χ1v) is 14.7. The van der Waals surface area contributed by atoms with E-state index in [9.17, 15) is 4.79 Å². The van der Waals surface area contributed by atoms with Crippen LogP contribution in [-0.4, -0.2) is 42.7 Å². The third-order valence-corrected chi connectivity index (χ3v) is 8.16. The number of ether oxygens (including phenoxy) is 2. The van der Waals surface area contributed by atoms with Gasteiger partial charge in [0.15, 0.2) is 0 Å². The molecular weight excluding hydrogens is 520 g/mol. The molecule has 1 aliphatic rings. The van der Waals surface area contributed by atoms with E-state index in [2.05, 4.69) is 54.1 Å². The molecule has 0 aliphatic carbocycles. The number of benzene rings is 3. The molecule has 5 rings (SSSR count). The number of aryl methyl sites for hydroxylation is 3. The lowest BCUT2D eigenvalue weighted by Crippen LogP contribution is -2.43. The van der Waals surface area contributed by atoms with Gasteiger partial charge in [0.25, 0.3) is 5.56 Å². The Labute approximate surface area is 242 Å². The van der Waals surface area contributed by atoms with Crippen molar-refractivity contribution in [3.05, 3.63) is 92.7 Å². The quantitative estimate of drug-likeness (QED) is 0.202. The van der Waals surface area contributed by atoms with E-state index in [1.165, 1.54) is 18.4 Å². The third kappa shape index (κ3) is 6.71. The maximum Gasteiger partial charge on any atom is 0.260 e. The summed E-state index contributed by atoms with van der Waals surface area (Å²) in [5.41, 5.74) is 5.58. The molecule has 0 amide bonds. The van der Waals surface area contributed by atoms with Crippen LogP contribution in [0.25, 0.3) is 22.0 Å². The number of halogens is 1. The van der Waals surface area contributed by atoms with Crippen molar-refractivity contribution in [2.45, 2.75) is 58.4 Å². The minimum Gasteiger partial charge on any atom is -0.497 e. The maximum atomic E-state index is 13.4. The Bertz CT molecular complexity index is 1490. The average molecular weight is 559 g/mol. The van der Waals surface area contributed by atoms with Gasteiger partial charge in [-0.2, -0.15) is 0 Å². The van der Waals surface area contributed by atoms with Crippen molar-refractivity contribution in [3.8, 4) is 22.6 Å². The van der Waals surface area contributed by atoms with E-state index in [1.54, 1.807) is 13.2 Å². The Hall–Kier alpha value is -3.28. The first kappa shape index (κ1) is 28.3. The van der Waals surface area contributed by atoms with Crippen molar-refractivity contribution in [3.63, 3.8) is 0 Å². The number of aromatic nitrogens is 1. The van der Waals surface area contributed by atoms with Gasteiger partial charge in [-0.05, 0) is 100 Å². The summed E-state index contributed by atoms with van der Waals surface area (Å²) >= 11 is 6.28. The fourth-order valence-corrected chi connectivity index (χ4v) is 6.10. The lowest BCUT2D eigenvalue weighted by molar-refractivity contribution is 0.0989. The average Bonchev–Trinajstić information content (AvgIpc) is 2.94. The van der Waals surface area contributed by atoms with E-state index < -0.39 is 0 Å². The van der Waals surface area contributed by atoms with Crippen LogP contribution in [0.3, 0.4) is 0 Å². The molecule has 40 heavy (non-hydrogen) atoms. The summed E-state index contributed by atoms with van der Waals surface area (Å²) in [6, 6.07) is 20.5. The number of pyridine rings is 1. The van der Waals surface area contributed by atoms with E-state index in [-0.39, 0.29) is 5.56 Å². The second-order valence-corrected chi connectivity index (χ2v) is 11.5. The van der Waals surface area contributed by atoms with Crippen LogP contribution in [0.4, 0.5) is 0 Å². The van der Waals surface area contributed by atoms with Gasteiger partial charge in [0.1, 0.15) is 18.1 Å². The highest BCUT2D eigenvalue weighted by Gasteiger charge is 2.24. The van der Waals surface area contributed by atoms with Gasteiger partial charge in [-0.15, -0.1) is 0 Å². The first-order valence-electron chi connectivity index (χ1n) is 14.4. The van der Waals surface area contributed by atoms with Gasteiger partial charge in [0.2, 0.25) is 0 Å². The van der Waals surface area contributed by atoms with Crippen molar-refractivity contribution < 1.29 is 9.47 Å². The Kier molecular flexibility index (Phi) is 9.13. The number of methoxy groups -OCH3 is 1. The highest BCUT2D eigenvalue weighted by atomic mass is 35.5. The number of unbranched alkanes of at least 4 members (excludes halogenated alkanes) is 1. The number of H-pyrrole nitrogens is 1. The summed E-state index contributed by atoms with van der Waals surface area (Å²) in [7, 11) is 1.70. The normalized spacial score (nSPS) is 15.8. The smallest absolute Gasteiger partial charge is 0.260 e. The summed E-state index contributed by atoms with van der Waals surface area (Å²) in [6.45, 7) is 6.81. The van der Waals surface area contributed by atoms with E-state index >= 15 is 0 Å². The molecule has 0 spiro atoms. The van der Waals surface area contributed by atoms with E-state index in [0.717, 1.165) is 66.6 Å². The second-order valence-electron chi connectivity index (χ2n) is 11.0. The van der Waals surface area contributed by atoms with E-state index in [0.29, 0.717) is 34.5 Å². The molecule has 1 saturated heterocycles. The predicted octanol–water partition coefficient (Wildman–Crippen LogP) is 7.73. The fourth-order valence-electron chi connectivity index (χ4n) is 5.93. The number of aromatic amines is 1. The Balaban J connectivity index is 1.33. The zero-order chi connectivity index (χ0) is 28.1. The number of nitrogens with one attached hydrogen (secondary N) is 1. The summed E-state index contributed by atoms with van der Waals surface area (Å²) in [5.74, 6) is 1.54. The molecule has 1 atom stereocenters. The van der Waals surface area contributed by atoms with Crippen molar-refractivity contribution in [2.75, 3.05) is 26.8 Å². The van der Waals surface area contributed by atoms with Gasteiger partial charge in [-0.25, -0.2) is 0 Å². The first-order chi connectivity index (χ1) is 19.4. The monoisotopic (exact) mass is 558 g/mol. The van der Waals surface area contributed by atoms with Gasteiger partial charge in [-0.1, -0.05) is 59.5 Å². The van der Waals surface area contributed by atoms with Gasteiger partial charge in [-0.3, -0.25) is 9.69 Å². The molecule has 1 unspecified atom stereocenters. The van der Waals surface area contributed by atoms with Crippen molar-refractivity contribution in [1.29, 1.82) is 0 Å². The molecule has 1 aliphatic heterocycles. The van der Waals surface area contributed by atoms with Crippen LogP contribution in [0.2, 0.25) is 5.02 Å². The fraction of sp³-hybridized carbons (Fsp3) is 0.382. The van der Waals surface area contributed by atoms with Crippen molar-refractivity contribution >= 4 is 22.5 Å². The Morgan fingerprint density at radius 3 is 2.50 bits per heavy atom. The van der Waals surface area contributed by atoms with Gasteiger partial charge in [0, 0.05) is 16.5 Å². The number of likely N-dealkylation sites (tertiary alicyclic amines) is 1. The van der Waals surface area contributed by atoms with Crippen LogP contribution in [0.5, 0.6) is 11.5 Å². The topological polar surface area (TPSA) is 54.6 Å². The highest BCUT2D eigenvalue weighted by Crippen LogP contribution is 2.35. The van der Waals surface area contributed by atoms with Crippen LogP contribution in [-0.2, 0) is 6.42 Å². The molecule has 0 saturated carbocycles. The molecule has 4 aromatic rings. The molecular formula is C34H39ClN2O3. The molecule has 1 fully saturated rings. The summed E-state index contributed by atoms with van der Waals surface area (Å²) in [5, 5.41) is 1.46. The van der Waals surface area contributed by atoms with Crippen molar-refractivity contribution in [2.24, 2.45) is 0 Å². The molecule has 2 heterocycles. The standard InChI is InChI=1S/C34H39ClN2O3/c1-23-18-24(2)20-26(19-23)32-33(30-15-12-27(35)21-31(30)36-34(32)38)40-22-28-9-5-7-17-37(28)16-6-4-8-25-10-13-29(39-3)14-11-25/h10-15,18-21,28H,4-9,16-17,22H2,1-3H3,(H,36,38). The van der Waals surface area contributed by atoms with Gasteiger partial charge >= 0.3 is 0 Å². The molecule has 1 N–H and O–H groups in total. The number of hydrogen-bond donors (Lipinski definition) is 1. The van der Waals surface area contributed by atoms with E-state index in [4.69, 9.17) is 21.1 Å². The summed E-state index contributed by atoms with van der Waals surface area (Å²) in [6.07, 6.45) is 6.88. The van der Waals surface area contributed by atoms with Crippen LogP contribution < -0.4 is 15.0 Å². The SMILES string of the molecule is COc1ccc(CCCCN2CCCCC2COc2c(-c3cc(C)cc(C)c3)c(=O)[nH]c3cc(Cl)ccc23)cc1. The number of piperidine rings is 1. The number of hydrogen-bond acceptors (Lipinski definition) is 4. The molecule has 0 radical (unpaired) electrons. The number of fused-ring (bicyclic) bond motifs is 1.